The van der Waals surface area contributed by atoms with Crippen LogP contribution in [0.1, 0.15) is 26.3 Å². The van der Waals surface area contributed by atoms with Crippen LogP contribution in [0.4, 0.5) is 0 Å². The zero-order valence-electron chi connectivity index (χ0n) is 12.3. The van der Waals surface area contributed by atoms with Gasteiger partial charge in [-0.1, -0.05) is 12.1 Å². The first kappa shape index (κ1) is 15.5. The molecule has 1 aromatic carbocycles. The highest BCUT2D eigenvalue weighted by Gasteiger charge is 2.07. The van der Waals surface area contributed by atoms with Crippen LogP contribution in [-0.2, 0) is 6.54 Å². The molecule has 0 saturated heterocycles. The molecule has 0 unspecified atom stereocenters. The second-order valence-electron chi connectivity index (χ2n) is 5.90. The summed E-state index contributed by atoms with van der Waals surface area (Å²) in [5.74, 6) is 1.15. The fourth-order valence-corrected chi connectivity index (χ4v) is 2.44. The standard InChI is InChI=1S/C15H26N2S/c1-15(2,3)16-12-13-6-8-14(9-7-13)18-11-10-17(4)5/h6-9,16H,10-12H2,1-5H3. The van der Waals surface area contributed by atoms with E-state index in [0.29, 0.717) is 0 Å². The van der Waals surface area contributed by atoms with Gasteiger partial charge in [0.25, 0.3) is 0 Å². The lowest BCUT2D eigenvalue weighted by Crippen LogP contribution is -2.35. The lowest BCUT2D eigenvalue weighted by atomic mass is 10.1. The smallest absolute Gasteiger partial charge is 0.0210 e. The van der Waals surface area contributed by atoms with Crippen molar-refractivity contribution in [3.63, 3.8) is 0 Å². The number of rotatable bonds is 6. The molecule has 0 aromatic heterocycles. The molecule has 0 amide bonds. The lowest BCUT2D eigenvalue weighted by molar-refractivity contribution is 0.424. The van der Waals surface area contributed by atoms with Crippen molar-refractivity contribution in [2.45, 2.75) is 37.8 Å². The molecule has 0 saturated carbocycles. The van der Waals surface area contributed by atoms with Crippen LogP contribution < -0.4 is 5.32 Å². The maximum Gasteiger partial charge on any atom is 0.0210 e. The molecule has 3 heteroatoms. The van der Waals surface area contributed by atoms with E-state index in [-0.39, 0.29) is 5.54 Å². The first-order valence-corrected chi connectivity index (χ1v) is 7.47. The van der Waals surface area contributed by atoms with Gasteiger partial charge in [0.05, 0.1) is 0 Å². The largest absolute Gasteiger partial charge is 0.309 e. The van der Waals surface area contributed by atoms with Crippen LogP contribution >= 0.6 is 11.8 Å². The van der Waals surface area contributed by atoms with Gasteiger partial charge in [-0.2, -0.15) is 0 Å². The Labute approximate surface area is 116 Å². The van der Waals surface area contributed by atoms with E-state index in [1.807, 2.05) is 11.8 Å². The summed E-state index contributed by atoms with van der Waals surface area (Å²) in [4.78, 5) is 3.57. The molecule has 0 aliphatic rings. The van der Waals surface area contributed by atoms with Crippen molar-refractivity contribution in [3.8, 4) is 0 Å². The molecular formula is C15H26N2S. The van der Waals surface area contributed by atoms with Crippen molar-refractivity contribution in [2.24, 2.45) is 0 Å². The van der Waals surface area contributed by atoms with Gasteiger partial charge in [0.15, 0.2) is 0 Å². The van der Waals surface area contributed by atoms with E-state index in [9.17, 15) is 0 Å². The molecule has 0 aliphatic heterocycles. The predicted molar refractivity (Wildman–Crippen MR) is 82.3 cm³/mol. The van der Waals surface area contributed by atoms with E-state index in [1.54, 1.807) is 0 Å². The van der Waals surface area contributed by atoms with Crippen LogP contribution in [0, 0.1) is 0 Å². The van der Waals surface area contributed by atoms with E-state index in [4.69, 9.17) is 0 Å². The van der Waals surface area contributed by atoms with E-state index < -0.39 is 0 Å². The Balaban J connectivity index is 2.38. The summed E-state index contributed by atoms with van der Waals surface area (Å²) in [7, 11) is 4.23. The number of nitrogens with zero attached hydrogens (tertiary/aromatic N) is 1. The summed E-state index contributed by atoms with van der Waals surface area (Å²) < 4.78 is 0. The summed E-state index contributed by atoms with van der Waals surface area (Å²) in [6.07, 6.45) is 0. The van der Waals surface area contributed by atoms with E-state index >= 15 is 0 Å². The van der Waals surface area contributed by atoms with E-state index in [1.165, 1.54) is 10.5 Å². The molecule has 1 aromatic rings. The van der Waals surface area contributed by atoms with E-state index in [2.05, 4.69) is 69.3 Å². The fraction of sp³-hybridized carbons (Fsp3) is 0.600. The Bertz CT molecular complexity index is 339. The summed E-state index contributed by atoms with van der Waals surface area (Å²) >= 11 is 1.92. The summed E-state index contributed by atoms with van der Waals surface area (Å²) in [6, 6.07) is 8.88. The van der Waals surface area contributed by atoms with Crippen molar-refractivity contribution in [1.29, 1.82) is 0 Å². The van der Waals surface area contributed by atoms with Gasteiger partial charge in [-0.05, 0) is 52.6 Å². The summed E-state index contributed by atoms with van der Waals surface area (Å²) in [5, 5.41) is 3.50. The average Bonchev–Trinajstić information content (AvgIpc) is 2.26. The lowest BCUT2D eigenvalue weighted by Gasteiger charge is -2.20. The van der Waals surface area contributed by atoms with Crippen molar-refractivity contribution < 1.29 is 0 Å². The molecule has 0 fully saturated rings. The van der Waals surface area contributed by atoms with Gasteiger partial charge >= 0.3 is 0 Å². The van der Waals surface area contributed by atoms with Crippen LogP contribution in [0.25, 0.3) is 0 Å². The van der Waals surface area contributed by atoms with E-state index in [0.717, 1.165) is 18.8 Å². The molecule has 0 heterocycles. The van der Waals surface area contributed by atoms with Gasteiger partial charge in [-0.3, -0.25) is 0 Å². The molecule has 102 valence electrons. The zero-order chi connectivity index (χ0) is 13.6. The monoisotopic (exact) mass is 266 g/mol. The minimum atomic E-state index is 0.180. The third kappa shape index (κ3) is 7.04. The maximum absolute atomic E-state index is 3.50. The van der Waals surface area contributed by atoms with Crippen LogP contribution in [0.5, 0.6) is 0 Å². The first-order chi connectivity index (χ1) is 8.37. The molecule has 0 bridgehead atoms. The molecule has 0 spiro atoms. The van der Waals surface area contributed by atoms with Crippen molar-refractivity contribution in [3.05, 3.63) is 29.8 Å². The number of hydrogen-bond acceptors (Lipinski definition) is 3. The molecule has 0 radical (unpaired) electrons. The molecule has 0 aliphatic carbocycles. The van der Waals surface area contributed by atoms with Crippen LogP contribution in [0.3, 0.4) is 0 Å². The van der Waals surface area contributed by atoms with Crippen molar-refractivity contribution >= 4 is 11.8 Å². The Morgan fingerprint density at radius 3 is 2.22 bits per heavy atom. The Morgan fingerprint density at radius 1 is 1.11 bits per heavy atom. The van der Waals surface area contributed by atoms with Gasteiger partial charge in [0.2, 0.25) is 0 Å². The molecule has 18 heavy (non-hydrogen) atoms. The van der Waals surface area contributed by atoms with Gasteiger partial charge < -0.3 is 10.2 Å². The highest BCUT2D eigenvalue weighted by molar-refractivity contribution is 7.99. The number of nitrogens with one attached hydrogen (secondary N) is 1. The van der Waals surface area contributed by atoms with Gasteiger partial charge in [-0.15, -0.1) is 11.8 Å². The minimum Gasteiger partial charge on any atom is -0.309 e. The zero-order valence-corrected chi connectivity index (χ0v) is 13.1. The minimum absolute atomic E-state index is 0.180. The first-order valence-electron chi connectivity index (χ1n) is 6.48. The Kier molecular flexibility index (Phi) is 6.19. The number of thioether (sulfide) groups is 1. The molecule has 1 N–H and O–H groups in total. The second kappa shape index (κ2) is 7.17. The van der Waals surface area contributed by atoms with Gasteiger partial charge in [0.1, 0.15) is 0 Å². The van der Waals surface area contributed by atoms with Crippen molar-refractivity contribution in [1.82, 2.24) is 10.2 Å². The average molecular weight is 266 g/mol. The van der Waals surface area contributed by atoms with Crippen LogP contribution in [0.2, 0.25) is 0 Å². The third-order valence-corrected chi connectivity index (χ3v) is 3.55. The van der Waals surface area contributed by atoms with Gasteiger partial charge in [0, 0.05) is 29.3 Å². The second-order valence-corrected chi connectivity index (χ2v) is 7.07. The molecule has 1 rings (SSSR count). The summed E-state index contributed by atoms with van der Waals surface area (Å²) in [6.45, 7) is 8.64. The quantitative estimate of drug-likeness (QED) is 0.796. The fourth-order valence-electron chi connectivity index (χ4n) is 1.42. The normalized spacial score (nSPS) is 12.1. The molecule has 2 nitrogen and oxygen atoms in total. The Hall–Kier alpha value is -0.510. The predicted octanol–water partition coefficient (Wildman–Crippen LogP) is 3.23. The van der Waals surface area contributed by atoms with Crippen LogP contribution in [0.15, 0.2) is 29.2 Å². The highest BCUT2D eigenvalue weighted by atomic mass is 32.2. The number of benzene rings is 1. The summed E-state index contributed by atoms with van der Waals surface area (Å²) in [5.41, 5.74) is 1.53. The molecular weight excluding hydrogens is 240 g/mol. The third-order valence-electron chi connectivity index (χ3n) is 2.55. The molecule has 0 atom stereocenters. The highest BCUT2D eigenvalue weighted by Crippen LogP contribution is 2.18. The number of hydrogen-bond donors (Lipinski definition) is 1. The van der Waals surface area contributed by atoms with Crippen molar-refractivity contribution in [2.75, 3.05) is 26.4 Å². The SMILES string of the molecule is CN(C)CCSc1ccc(CNC(C)(C)C)cc1. The van der Waals surface area contributed by atoms with Gasteiger partial charge in [-0.25, -0.2) is 0 Å². The topological polar surface area (TPSA) is 15.3 Å². The Morgan fingerprint density at radius 2 is 1.72 bits per heavy atom. The maximum atomic E-state index is 3.50. The van der Waals surface area contributed by atoms with Crippen LogP contribution in [-0.4, -0.2) is 36.8 Å².